The lowest BCUT2D eigenvalue weighted by Gasteiger charge is -2.11. The van der Waals surface area contributed by atoms with Crippen molar-refractivity contribution in [1.82, 2.24) is 9.97 Å². The zero-order chi connectivity index (χ0) is 17.2. The second-order valence-electron chi connectivity index (χ2n) is 5.88. The number of aryl methyl sites for hydroxylation is 1. The van der Waals surface area contributed by atoms with Crippen LogP contribution in [0, 0.1) is 12.7 Å². The van der Waals surface area contributed by atoms with Crippen LogP contribution in [0.25, 0.3) is 22.3 Å². The number of nitrogens with one attached hydrogen (secondary N) is 1. The van der Waals surface area contributed by atoms with E-state index in [0.29, 0.717) is 17.3 Å². The minimum absolute atomic E-state index is 0.318. The van der Waals surface area contributed by atoms with Crippen LogP contribution in [0.4, 0.5) is 15.9 Å². The first-order valence-electron chi connectivity index (χ1n) is 8.06. The summed E-state index contributed by atoms with van der Waals surface area (Å²) in [5.74, 6) is 0.880. The molecule has 1 heterocycles. The molecule has 25 heavy (non-hydrogen) atoms. The third-order valence-electron chi connectivity index (χ3n) is 4.04. The quantitative estimate of drug-likeness (QED) is 0.540. The van der Waals surface area contributed by atoms with Crippen molar-refractivity contribution in [3.05, 3.63) is 84.2 Å². The molecular formula is C21H16FN3. The van der Waals surface area contributed by atoms with Gasteiger partial charge in [0.25, 0.3) is 0 Å². The van der Waals surface area contributed by atoms with Gasteiger partial charge in [0, 0.05) is 10.9 Å². The van der Waals surface area contributed by atoms with E-state index in [2.05, 4.69) is 15.3 Å². The molecule has 0 aliphatic heterocycles. The molecule has 1 aromatic heterocycles. The number of hydrogen-bond donors (Lipinski definition) is 1. The van der Waals surface area contributed by atoms with Gasteiger partial charge in [0.15, 0.2) is 5.82 Å². The molecular weight excluding hydrogens is 313 g/mol. The van der Waals surface area contributed by atoms with Crippen LogP contribution in [-0.4, -0.2) is 9.97 Å². The maximum Gasteiger partial charge on any atom is 0.162 e. The summed E-state index contributed by atoms with van der Waals surface area (Å²) in [5, 5.41) is 3.96. The monoisotopic (exact) mass is 329 g/mol. The first-order valence-corrected chi connectivity index (χ1v) is 8.06. The Bertz CT molecular complexity index is 1040. The van der Waals surface area contributed by atoms with Crippen LogP contribution in [0.1, 0.15) is 5.56 Å². The van der Waals surface area contributed by atoms with Gasteiger partial charge in [0.05, 0.1) is 11.2 Å². The topological polar surface area (TPSA) is 37.8 Å². The van der Waals surface area contributed by atoms with Crippen LogP contribution in [0.2, 0.25) is 0 Å². The average Bonchev–Trinajstić information content (AvgIpc) is 2.64. The molecule has 0 amide bonds. The van der Waals surface area contributed by atoms with Crippen molar-refractivity contribution >= 4 is 22.4 Å². The van der Waals surface area contributed by atoms with Crippen molar-refractivity contribution in [3.63, 3.8) is 0 Å². The maximum absolute atomic E-state index is 14.0. The molecule has 4 rings (SSSR count). The Balaban J connectivity index is 1.87. The minimum atomic E-state index is -0.318. The van der Waals surface area contributed by atoms with Gasteiger partial charge in [-0.3, -0.25) is 0 Å². The van der Waals surface area contributed by atoms with E-state index in [4.69, 9.17) is 0 Å². The van der Waals surface area contributed by atoms with E-state index in [0.717, 1.165) is 16.5 Å². The number of halogens is 1. The molecule has 0 radical (unpaired) electrons. The van der Waals surface area contributed by atoms with Crippen molar-refractivity contribution in [1.29, 1.82) is 0 Å². The lowest BCUT2D eigenvalue weighted by atomic mass is 10.1. The van der Waals surface area contributed by atoms with Crippen molar-refractivity contribution in [2.75, 3.05) is 5.32 Å². The van der Waals surface area contributed by atoms with E-state index < -0.39 is 0 Å². The highest BCUT2D eigenvalue weighted by Crippen LogP contribution is 2.28. The Labute approximate surface area is 145 Å². The Morgan fingerprint density at radius 3 is 2.32 bits per heavy atom. The molecule has 0 saturated heterocycles. The van der Waals surface area contributed by atoms with Crippen LogP contribution in [0.15, 0.2) is 72.8 Å². The van der Waals surface area contributed by atoms with E-state index in [9.17, 15) is 4.39 Å². The first kappa shape index (κ1) is 15.3. The van der Waals surface area contributed by atoms with E-state index >= 15 is 0 Å². The summed E-state index contributed by atoms with van der Waals surface area (Å²) in [4.78, 5) is 9.30. The van der Waals surface area contributed by atoms with Crippen molar-refractivity contribution < 1.29 is 4.39 Å². The van der Waals surface area contributed by atoms with Crippen LogP contribution in [-0.2, 0) is 0 Å². The van der Waals surface area contributed by atoms with Gasteiger partial charge in [-0.2, -0.15) is 0 Å². The summed E-state index contributed by atoms with van der Waals surface area (Å²) >= 11 is 0. The fraction of sp³-hybridized carbons (Fsp3) is 0.0476. The SMILES string of the molecule is Cc1ccc(-c2nc(Nc3ccccc3F)c3ccccc3n2)cc1. The molecule has 3 aromatic carbocycles. The Kier molecular flexibility index (Phi) is 3.86. The van der Waals surface area contributed by atoms with E-state index in [-0.39, 0.29) is 5.82 Å². The van der Waals surface area contributed by atoms with Crippen LogP contribution >= 0.6 is 0 Å². The molecule has 0 saturated carbocycles. The molecule has 4 heteroatoms. The summed E-state index contributed by atoms with van der Waals surface area (Å²) < 4.78 is 14.0. The zero-order valence-corrected chi connectivity index (χ0v) is 13.7. The normalized spacial score (nSPS) is 10.8. The number of fused-ring (bicyclic) bond motifs is 1. The van der Waals surface area contributed by atoms with Crippen molar-refractivity contribution in [2.24, 2.45) is 0 Å². The number of para-hydroxylation sites is 2. The van der Waals surface area contributed by atoms with Gasteiger partial charge in [0.1, 0.15) is 11.6 Å². The highest BCUT2D eigenvalue weighted by molar-refractivity contribution is 5.92. The standard InChI is InChI=1S/C21H16FN3/c1-14-10-12-15(13-11-14)20-23-18-8-4-2-6-16(18)21(25-20)24-19-9-5-3-7-17(19)22/h2-13H,1H3,(H,23,24,25). The highest BCUT2D eigenvalue weighted by Gasteiger charge is 2.11. The summed E-state index contributed by atoms with van der Waals surface area (Å²) in [6.45, 7) is 2.04. The van der Waals surface area contributed by atoms with Gasteiger partial charge in [-0.25, -0.2) is 14.4 Å². The number of rotatable bonds is 3. The van der Waals surface area contributed by atoms with Crippen LogP contribution in [0.5, 0.6) is 0 Å². The van der Waals surface area contributed by atoms with Crippen LogP contribution in [0.3, 0.4) is 0 Å². The zero-order valence-electron chi connectivity index (χ0n) is 13.7. The molecule has 0 fully saturated rings. The van der Waals surface area contributed by atoms with Gasteiger partial charge in [0.2, 0.25) is 0 Å². The Hall–Kier alpha value is -3.27. The number of anilines is 2. The third-order valence-corrected chi connectivity index (χ3v) is 4.04. The second-order valence-corrected chi connectivity index (χ2v) is 5.88. The fourth-order valence-corrected chi connectivity index (χ4v) is 2.69. The molecule has 0 bridgehead atoms. The molecule has 1 N–H and O–H groups in total. The largest absolute Gasteiger partial charge is 0.337 e. The number of aromatic nitrogens is 2. The second kappa shape index (κ2) is 6.32. The molecule has 0 spiro atoms. The highest BCUT2D eigenvalue weighted by atomic mass is 19.1. The van der Waals surface area contributed by atoms with Gasteiger partial charge < -0.3 is 5.32 Å². The lowest BCUT2D eigenvalue weighted by Crippen LogP contribution is -2.00. The number of nitrogens with zero attached hydrogens (tertiary/aromatic N) is 2. The van der Waals surface area contributed by atoms with Gasteiger partial charge in [-0.15, -0.1) is 0 Å². The van der Waals surface area contributed by atoms with E-state index in [1.165, 1.54) is 11.6 Å². The molecule has 0 aliphatic carbocycles. The average molecular weight is 329 g/mol. The molecule has 4 aromatic rings. The predicted molar refractivity (Wildman–Crippen MR) is 99.4 cm³/mol. The Morgan fingerprint density at radius 1 is 0.800 bits per heavy atom. The molecule has 122 valence electrons. The Morgan fingerprint density at radius 2 is 1.52 bits per heavy atom. The van der Waals surface area contributed by atoms with E-state index in [1.54, 1.807) is 18.2 Å². The number of benzene rings is 3. The fourth-order valence-electron chi connectivity index (χ4n) is 2.69. The third kappa shape index (κ3) is 3.06. The summed E-state index contributed by atoms with van der Waals surface area (Å²) in [7, 11) is 0. The molecule has 0 atom stereocenters. The maximum atomic E-state index is 14.0. The smallest absolute Gasteiger partial charge is 0.162 e. The number of hydrogen-bond acceptors (Lipinski definition) is 3. The van der Waals surface area contributed by atoms with Crippen molar-refractivity contribution in [3.8, 4) is 11.4 Å². The van der Waals surface area contributed by atoms with E-state index in [1.807, 2.05) is 55.5 Å². The molecule has 0 unspecified atom stereocenters. The van der Waals surface area contributed by atoms with Gasteiger partial charge in [-0.1, -0.05) is 54.1 Å². The molecule has 3 nitrogen and oxygen atoms in total. The summed E-state index contributed by atoms with van der Waals surface area (Å²) in [6.07, 6.45) is 0. The summed E-state index contributed by atoms with van der Waals surface area (Å²) in [5.41, 5.74) is 3.30. The van der Waals surface area contributed by atoms with Gasteiger partial charge >= 0.3 is 0 Å². The van der Waals surface area contributed by atoms with Gasteiger partial charge in [-0.05, 0) is 31.2 Å². The van der Waals surface area contributed by atoms with Crippen LogP contribution < -0.4 is 5.32 Å². The predicted octanol–water partition coefficient (Wildman–Crippen LogP) is 5.49. The molecule has 0 aliphatic rings. The minimum Gasteiger partial charge on any atom is -0.337 e. The van der Waals surface area contributed by atoms with Crippen molar-refractivity contribution in [2.45, 2.75) is 6.92 Å². The first-order chi connectivity index (χ1) is 12.2. The lowest BCUT2D eigenvalue weighted by molar-refractivity contribution is 0.632. The summed E-state index contributed by atoms with van der Waals surface area (Å²) in [6, 6.07) is 22.3.